The highest BCUT2D eigenvalue weighted by Gasteiger charge is 2.46. The lowest BCUT2D eigenvalue weighted by Crippen LogP contribution is -2.54. The number of imide groups is 2. The van der Waals surface area contributed by atoms with Gasteiger partial charge in [-0.2, -0.15) is 0 Å². The molecule has 3 saturated heterocycles. The molecular weight excluding hydrogens is 556 g/mol. The van der Waals surface area contributed by atoms with Crippen LogP contribution in [0, 0.1) is 0 Å². The summed E-state index contributed by atoms with van der Waals surface area (Å²) in [6, 6.07) is 4.01. The van der Waals surface area contributed by atoms with Crippen LogP contribution in [0.3, 0.4) is 0 Å². The minimum Gasteiger partial charge on any atom is -0.444 e. The van der Waals surface area contributed by atoms with Crippen molar-refractivity contribution < 1.29 is 33.5 Å². The second-order valence-corrected chi connectivity index (χ2v) is 12.6. The number of hydrogen-bond acceptors (Lipinski definition) is 9. The van der Waals surface area contributed by atoms with Gasteiger partial charge in [-0.05, 0) is 52.2 Å². The number of nitrogens with zero attached hydrogens (tertiary/aromatic N) is 4. The van der Waals surface area contributed by atoms with E-state index in [0.29, 0.717) is 63.5 Å². The Labute approximate surface area is 250 Å². The molecule has 4 heterocycles. The van der Waals surface area contributed by atoms with E-state index in [2.05, 4.69) is 20.4 Å². The molecule has 4 aliphatic rings. The number of piperazine rings is 1. The number of fused-ring (bicyclic) bond motifs is 1. The summed E-state index contributed by atoms with van der Waals surface area (Å²) in [5.74, 6) is -2.02. The molecule has 0 spiro atoms. The lowest BCUT2D eigenvalue weighted by atomic mass is 10.0. The largest absolute Gasteiger partial charge is 0.444 e. The molecule has 1 aromatic carbocycles. The first-order chi connectivity index (χ1) is 20.4. The first-order valence-electron chi connectivity index (χ1n) is 15.0. The number of hydrogen-bond donors (Lipinski definition) is 2. The molecule has 4 aliphatic heterocycles. The van der Waals surface area contributed by atoms with Crippen LogP contribution < -0.4 is 15.5 Å². The van der Waals surface area contributed by atoms with Crippen molar-refractivity contribution in [2.45, 2.75) is 70.6 Å². The fourth-order valence-electron chi connectivity index (χ4n) is 6.18. The zero-order valence-corrected chi connectivity index (χ0v) is 25.0. The van der Waals surface area contributed by atoms with E-state index in [1.54, 1.807) is 12.1 Å². The Hall–Kier alpha value is -4.00. The minimum absolute atomic E-state index is 0.0525. The maximum atomic E-state index is 13.5. The molecule has 2 unspecified atom stereocenters. The zero-order chi connectivity index (χ0) is 30.9. The molecule has 6 amide bonds. The number of ether oxygens (including phenoxy) is 1. The number of nitrogens with one attached hydrogen (secondary N) is 2. The van der Waals surface area contributed by atoms with Crippen molar-refractivity contribution in [3.63, 3.8) is 0 Å². The second kappa shape index (κ2) is 12.3. The van der Waals surface area contributed by atoms with Gasteiger partial charge in [0, 0.05) is 64.7 Å². The van der Waals surface area contributed by atoms with E-state index in [9.17, 15) is 28.8 Å². The van der Waals surface area contributed by atoms with Crippen molar-refractivity contribution in [2.75, 3.05) is 50.7 Å². The van der Waals surface area contributed by atoms with E-state index < -0.39 is 41.4 Å². The van der Waals surface area contributed by atoms with Crippen LogP contribution in [0.25, 0.3) is 0 Å². The summed E-state index contributed by atoms with van der Waals surface area (Å²) in [6.07, 6.45) is 1.70. The van der Waals surface area contributed by atoms with Crippen molar-refractivity contribution in [3.05, 3.63) is 29.3 Å². The van der Waals surface area contributed by atoms with Crippen LogP contribution in [0.5, 0.6) is 0 Å². The molecule has 0 bridgehead atoms. The first kappa shape index (κ1) is 30.5. The zero-order valence-electron chi connectivity index (χ0n) is 25.0. The Balaban J connectivity index is 1.13. The molecule has 2 N–H and O–H groups in total. The van der Waals surface area contributed by atoms with Gasteiger partial charge in [-0.25, -0.2) is 4.79 Å². The lowest BCUT2D eigenvalue weighted by Gasteiger charge is -2.37. The van der Waals surface area contributed by atoms with Crippen LogP contribution in [0.2, 0.25) is 0 Å². The van der Waals surface area contributed by atoms with Gasteiger partial charge >= 0.3 is 6.09 Å². The molecule has 5 rings (SSSR count). The standard InChI is InChI=1S/C30H40N6O7/c1-30(2,3)43-29(42)31-19-6-5-12-35(18-19)24(38)11-13-33-14-16-34(17-15-33)21-8-4-7-20-25(21)28(41)36(27(20)40)22-9-10-23(37)32-26(22)39/h4,7-8,19,22H,5-6,9-18H2,1-3H3,(H,31,42)(H,32,37,39). The molecule has 1 aromatic rings. The highest BCUT2D eigenvalue weighted by molar-refractivity contribution is 6.25. The molecule has 13 heteroatoms. The Kier molecular flexibility index (Phi) is 8.72. The van der Waals surface area contributed by atoms with Gasteiger partial charge in [-0.1, -0.05) is 6.07 Å². The smallest absolute Gasteiger partial charge is 0.407 e. The number of piperidine rings is 2. The molecule has 232 valence electrons. The third-order valence-electron chi connectivity index (χ3n) is 8.30. The monoisotopic (exact) mass is 596 g/mol. The third-order valence-corrected chi connectivity index (χ3v) is 8.30. The fourth-order valence-corrected chi connectivity index (χ4v) is 6.18. The molecule has 0 aromatic heterocycles. The average Bonchev–Trinajstić information content (AvgIpc) is 3.20. The summed E-state index contributed by atoms with van der Waals surface area (Å²) in [5.41, 5.74) is 0.627. The van der Waals surface area contributed by atoms with E-state index >= 15 is 0 Å². The topological polar surface area (TPSA) is 149 Å². The SMILES string of the molecule is CC(C)(C)OC(=O)NC1CCCN(C(=O)CCN2CCN(c3cccc4c3C(=O)N(C3CCC(=O)NC3=O)C4=O)CC2)C1. The van der Waals surface area contributed by atoms with Gasteiger partial charge in [0.2, 0.25) is 17.7 Å². The minimum atomic E-state index is -1.00. The van der Waals surface area contributed by atoms with Crippen LogP contribution in [0.1, 0.15) is 73.6 Å². The molecular formula is C30H40N6O7. The predicted molar refractivity (Wildman–Crippen MR) is 155 cm³/mol. The van der Waals surface area contributed by atoms with Gasteiger partial charge in [0.1, 0.15) is 11.6 Å². The van der Waals surface area contributed by atoms with Crippen LogP contribution in [-0.4, -0.2) is 114 Å². The van der Waals surface area contributed by atoms with Gasteiger partial charge in [0.15, 0.2) is 0 Å². The second-order valence-electron chi connectivity index (χ2n) is 12.6. The quantitative estimate of drug-likeness (QED) is 0.461. The molecule has 0 radical (unpaired) electrons. The van der Waals surface area contributed by atoms with Gasteiger partial charge in [-0.15, -0.1) is 0 Å². The Morgan fingerprint density at radius 1 is 1.00 bits per heavy atom. The van der Waals surface area contributed by atoms with Gasteiger partial charge < -0.3 is 19.9 Å². The maximum absolute atomic E-state index is 13.5. The number of anilines is 1. The molecule has 43 heavy (non-hydrogen) atoms. The summed E-state index contributed by atoms with van der Waals surface area (Å²) in [6.45, 7) is 9.74. The predicted octanol–water partition coefficient (Wildman–Crippen LogP) is 1.12. The normalized spacial score (nSPS) is 23.3. The number of rotatable bonds is 6. The molecule has 13 nitrogen and oxygen atoms in total. The summed E-state index contributed by atoms with van der Waals surface area (Å²) in [5, 5.41) is 5.11. The molecule has 3 fully saturated rings. The lowest BCUT2D eigenvalue weighted by molar-refractivity contribution is -0.136. The summed E-state index contributed by atoms with van der Waals surface area (Å²) < 4.78 is 5.35. The number of benzene rings is 1. The van der Waals surface area contributed by atoms with Crippen molar-refractivity contribution in [2.24, 2.45) is 0 Å². The van der Waals surface area contributed by atoms with Crippen LogP contribution in [0.15, 0.2) is 18.2 Å². The van der Waals surface area contributed by atoms with Crippen LogP contribution >= 0.6 is 0 Å². The van der Waals surface area contributed by atoms with E-state index in [-0.39, 0.29) is 30.4 Å². The maximum Gasteiger partial charge on any atom is 0.407 e. The van der Waals surface area contributed by atoms with Crippen molar-refractivity contribution in [1.29, 1.82) is 0 Å². The molecule has 2 atom stereocenters. The van der Waals surface area contributed by atoms with E-state index in [4.69, 9.17) is 4.74 Å². The van der Waals surface area contributed by atoms with Crippen molar-refractivity contribution in [1.82, 2.24) is 25.3 Å². The van der Waals surface area contributed by atoms with Gasteiger partial charge in [0.25, 0.3) is 11.8 Å². The van der Waals surface area contributed by atoms with E-state index in [1.165, 1.54) is 0 Å². The summed E-state index contributed by atoms with van der Waals surface area (Å²) >= 11 is 0. The Morgan fingerprint density at radius 3 is 2.44 bits per heavy atom. The van der Waals surface area contributed by atoms with E-state index in [0.717, 1.165) is 17.7 Å². The summed E-state index contributed by atoms with van der Waals surface area (Å²) in [4.78, 5) is 82.9. The first-order valence-corrected chi connectivity index (χ1v) is 15.0. The Bertz CT molecular complexity index is 1320. The number of alkyl carbamates (subject to hydrolysis) is 1. The van der Waals surface area contributed by atoms with Crippen molar-refractivity contribution >= 4 is 41.3 Å². The van der Waals surface area contributed by atoms with Gasteiger partial charge in [-0.3, -0.25) is 39.1 Å². The summed E-state index contributed by atoms with van der Waals surface area (Å²) in [7, 11) is 0. The Morgan fingerprint density at radius 2 is 1.74 bits per heavy atom. The third kappa shape index (κ3) is 6.82. The van der Waals surface area contributed by atoms with Crippen LogP contribution in [-0.2, 0) is 19.1 Å². The number of carbonyl (C=O) groups is 6. The molecule has 0 aliphatic carbocycles. The van der Waals surface area contributed by atoms with E-state index in [1.807, 2.05) is 31.7 Å². The molecule has 0 saturated carbocycles. The van der Waals surface area contributed by atoms with Gasteiger partial charge in [0.05, 0.1) is 16.8 Å². The average molecular weight is 597 g/mol. The number of likely N-dealkylation sites (tertiary alicyclic amines) is 1. The highest BCUT2D eigenvalue weighted by atomic mass is 16.6. The number of amides is 6. The van der Waals surface area contributed by atoms with Crippen LogP contribution in [0.4, 0.5) is 10.5 Å². The highest BCUT2D eigenvalue weighted by Crippen LogP contribution is 2.34. The van der Waals surface area contributed by atoms with Crippen molar-refractivity contribution in [3.8, 4) is 0 Å². The fraction of sp³-hybridized carbons (Fsp3) is 0.600. The number of carbonyl (C=O) groups excluding carboxylic acids is 6.